The Balaban J connectivity index is 2.13. The highest BCUT2D eigenvalue weighted by atomic mass is 15.3. The van der Waals surface area contributed by atoms with Crippen LogP contribution in [-0.4, -0.2) is 22.9 Å². The van der Waals surface area contributed by atoms with Crippen molar-refractivity contribution in [1.29, 1.82) is 0 Å². The highest BCUT2D eigenvalue weighted by Gasteiger charge is 2.25. The summed E-state index contributed by atoms with van der Waals surface area (Å²) in [5, 5.41) is 7.61. The molecular formula is C10H18N4. The third kappa shape index (κ3) is 1.62. The predicted octanol–water partition coefficient (Wildman–Crippen LogP) is 1.06. The van der Waals surface area contributed by atoms with Gasteiger partial charge >= 0.3 is 0 Å². The number of hydrogen-bond donors (Lipinski definition) is 2. The fraction of sp³-hybridized carbons (Fsp3) is 0.700. The molecule has 0 aliphatic heterocycles. The van der Waals surface area contributed by atoms with E-state index in [1.807, 2.05) is 17.9 Å². The average Bonchev–Trinajstić information content (AvgIpc) is 2.43. The fourth-order valence-corrected chi connectivity index (χ4v) is 1.96. The van der Waals surface area contributed by atoms with Crippen LogP contribution in [0.4, 0.5) is 5.69 Å². The van der Waals surface area contributed by atoms with E-state index >= 15 is 0 Å². The molecule has 1 fully saturated rings. The molecule has 1 aliphatic rings. The lowest BCUT2D eigenvalue weighted by atomic mass is 9.82. The molecule has 1 heterocycles. The second-order valence-corrected chi connectivity index (χ2v) is 3.91. The summed E-state index contributed by atoms with van der Waals surface area (Å²) in [6.07, 6.45) is 5.86. The molecule has 4 heteroatoms. The minimum absolute atomic E-state index is 0.666. The van der Waals surface area contributed by atoms with Crippen molar-refractivity contribution in [2.24, 2.45) is 12.8 Å². The predicted molar refractivity (Wildman–Crippen MR) is 57.3 cm³/mol. The lowest BCUT2D eigenvalue weighted by molar-refractivity contribution is 0.398. The van der Waals surface area contributed by atoms with Gasteiger partial charge in [-0.05, 0) is 12.8 Å². The molecule has 0 unspecified atom stereocenters. The normalized spacial score (nSPS) is 16.7. The Bertz CT molecular complexity index is 301. The van der Waals surface area contributed by atoms with Crippen molar-refractivity contribution >= 4 is 5.69 Å². The number of hydrogen-bond acceptors (Lipinski definition) is 3. The first-order chi connectivity index (χ1) is 6.83. The number of rotatable bonds is 4. The van der Waals surface area contributed by atoms with Gasteiger partial charge in [0.25, 0.3) is 0 Å². The van der Waals surface area contributed by atoms with Crippen molar-refractivity contribution in [3.05, 3.63) is 11.9 Å². The lowest BCUT2D eigenvalue weighted by Crippen LogP contribution is -2.18. The quantitative estimate of drug-likeness (QED) is 0.753. The van der Waals surface area contributed by atoms with E-state index in [2.05, 4.69) is 10.4 Å². The minimum Gasteiger partial charge on any atom is -0.381 e. The highest BCUT2D eigenvalue weighted by molar-refractivity contribution is 5.48. The number of aromatic nitrogens is 2. The molecule has 1 saturated carbocycles. The van der Waals surface area contributed by atoms with Gasteiger partial charge in [-0.1, -0.05) is 6.42 Å². The number of nitrogens with one attached hydrogen (secondary N) is 1. The van der Waals surface area contributed by atoms with Gasteiger partial charge in [-0.25, -0.2) is 0 Å². The van der Waals surface area contributed by atoms with Crippen LogP contribution in [0.5, 0.6) is 0 Å². The third-order valence-corrected chi connectivity index (χ3v) is 2.94. The number of aryl methyl sites for hydroxylation is 1. The Hall–Kier alpha value is -1.03. The second kappa shape index (κ2) is 4.00. The van der Waals surface area contributed by atoms with Crippen LogP contribution in [0, 0.1) is 0 Å². The van der Waals surface area contributed by atoms with Crippen molar-refractivity contribution in [1.82, 2.24) is 9.78 Å². The second-order valence-electron chi connectivity index (χ2n) is 3.91. The van der Waals surface area contributed by atoms with Gasteiger partial charge in [0.05, 0.1) is 17.6 Å². The van der Waals surface area contributed by atoms with Gasteiger partial charge in [0, 0.05) is 26.1 Å². The van der Waals surface area contributed by atoms with Crippen LogP contribution in [-0.2, 0) is 7.05 Å². The van der Waals surface area contributed by atoms with Crippen molar-refractivity contribution in [2.45, 2.75) is 25.2 Å². The first-order valence-electron chi connectivity index (χ1n) is 5.28. The highest BCUT2D eigenvalue weighted by Crippen LogP contribution is 2.39. The summed E-state index contributed by atoms with van der Waals surface area (Å²) >= 11 is 0. The van der Waals surface area contributed by atoms with Crippen molar-refractivity contribution in [3.63, 3.8) is 0 Å². The van der Waals surface area contributed by atoms with E-state index in [-0.39, 0.29) is 0 Å². The molecule has 0 saturated heterocycles. The molecule has 4 nitrogen and oxygen atoms in total. The van der Waals surface area contributed by atoms with E-state index in [0.29, 0.717) is 12.5 Å². The molecule has 0 atom stereocenters. The Morgan fingerprint density at radius 3 is 3.00 bits per heavy atom. The summed E-state index contributed by atoms with van der Waals surface area (Å²) in [5.74, 6) is 0.711. The SMILES string of the molecule is Cn1ncc(NCCN)c1C1CCC1. The Morgan fingerprint density at radius 1 is 1.64 bits per heavy atom. The zero-order chi connectivity index (χ0) is 9.97. The van der Waals surface area contributed by atoms with Gasteiger partial charge in [-0.3, -0.25) is 4.68 Å². The molecule has 78 valence electrons. The molecular weight excluding hydrogens is 176 g/mol. The smallest absolute Gasteiger partial charge is 0.0762 e. The first kappa shape index (κ1) is 9.52. The van der Waals surface area contributed by atoms with Crippen molar-refractivity contribution in [3.8, 4) is 0 Å². The molecule has 0 radical (unpaired) electrons. The monoisotopic (exact) mass is 194 g/mol. The summed E-state index contributed by atoms with van der Waals surface area (Å²) in [6.45, 7) is 1.49. The van der Waals surface area contributed by atoms with Crippen molar-refractivity contribution < 1.29 is 0 Å². The molecule has 3 N–H and O–H groups in total. The third-order valence-electron chi connectivity index (χ3n) is 2.94. The molecule has 14 heavy (non-hydrogen) atoms. The van der Waals surface area contributed by atoms with E-state index in [1.165, 1.54) is 30.6 Å². The van der Waals surface area contributed by atoms with Gasteiger partial charge in [0.2, 0.25) is 0 Å². The van der Waals surface area contributed by atoms with Gasteiger partial charge in [0.15, 0.2) is 0 Å². The van der Waals surface area contributed by atoms with Crippen LogP contribution >= 0.6 is 0 Å². The summed E-state index contributed by atoms with van der Waals surface area (Å²) in [7, 11) is 2.02. The molecule has 1 aromatic rings. The van der Waals surface area contributed by atoms with Gasteiger partial charge in [0.1, 0.15) is 0 Å². The standard InChI is InChI=1S/C10H18N4/c1-14-10(8-3-2-4-8)9(7-13-14)12-6-5-11/h7-8,12H,2-6,11H2,1H3. The maximum Gasteiger partial charge on any atom is 0.0762 e. The molecule has 0 amide bonds. The lowest BCUT2D eigenvalue weighted by Gasteiger charge is -2.26. The van der Waals surface area contributed by atoms with E-state index in [9.17, 15) is 0 Å². The van der Waals surface area contributed by atoms with Gasteiger partial charge < -0.3 is 11.1 Å². The van der Waals surface area contributed by atoms with E-state index < -0.39 is 0 Å². The molecule has 1 aliphatic carbocycles. The minimum atomic E-state index is 0.666. The molecule has 0 bridgehead atoms. The number of anilines is 1. The van der Waals surface area contributed by atoms with Crippen LogP contribution in [0.3, 0.4) is 0 Å². The van der Waals surface area contributed by atoms with Crippen LogP contribution < -0.4 is 11.1 Å². The fourth-order valence-electron chi connectivity index (χ4n) is 1.96. The van der Waals surface area contributed by atoms with Crippen LogP contribution in [0.2, 0.25) is 0 Å². The number of nitrogens with two attached hydrogens (primary N) is 1. The van der Waals surface area contributed by atoms with Crippen LogP contribution in [0.25, 0.3) is 0 Å². The maximum absolute atomic E-state index is 5.47. The Kier molecular flexibility index (Phi) is 2.72. The van der Waals surface area contributed by atoms with Gasteiger partial charge in [-0.15, -0.1) is 0 Å². The van der Waals surface area contributed by atoms with Crippen LogP contribution in [0.15, 0.2) is 6.20 Å². The van der Waals surface area contributed by atoms with E-state index in [0.717, 1.165) is 6.54 Å². The summed E-state index contributed by atoms with van der Waals surface area (Å²) < 4.78 is 1.99. The molecule has 1 aromatic heterocycles. The zero-order valence-corrected chi connectivity index (χ0v) is 8.66. The molecule has 2 rings (SSSR count). The topological polar surface area (TPSA) is 55.9 Å². The molecule has 0 aromatic carbocycles. The Morgan fingerprint density at radius 2 is 2.43 bits per heavy atom. The Labute approximate surface area is 84.5 Å². The summed E-state index contributed by atoms with van der Waals surface area (Å²) in [4.78, 5) is 0. The maximum atomic E-state index is 5.47. The van der Waals surface area contributed by atoms with Crippen molar-refractivity contribution in [2.75, 3.05) is 18.4 Å². The zero-order valence-electron chi connectivity index (χ0n) is 8.66. The van der Waals surface area contributed by atoms with Crippen LogP contribution in [0.1, 0.15) is 30.9 Å². The summed E-state index contributed by atoms with van der Waals surface area (Å²) in [6, 6.07) is 0. The van der Waals surface area contributed by atoms with E-state index in [4.69, 9.17) is 5.73 Å². The first-order valence-corrected chi connectivity index (χ1v) is 5.28. The number of nitrogens with zero attached hydrogens (tertiary/aromatic N) is 2. The summed E-state index contributed by atoms with van der Waals surface area (Å²) in [5.41, 5.74) is 7.99. The average molecular weight is 194 g/mol. The van der Waals surface area contributed by atoms with Gasteiger partial charge in [-0.2, -0.15) is 5.10 Å². The van der Waals surface area contributed by atoms with E-state index in [1.54, 1.807) is 0 Å². The largest absolute Gasteiger partial charge is 0.381 e. The molecule has 0 spiro atoms.